The van der Waals surface area contributed by atoms with E-state index in [1.54, 1.807) is 11.8 Å². The summed E-state index contributed by atoms with van der Waals surface area (Å²) >= 11 is 1.72. The van der Waals surface area contributed by atoms with Crippen LogP contribution in [0.5, 0.6) is 0 Å². The van der Waals surface area contributed by atoms with Crippen LogP contribution in [0.15, 0.2) is 35.2 Å². The van der Waals surface area contributed by atoms with E-state index in [1.807, 2.05) is 0 Å². The summed E-state index contributed by atoms with van der Waals surface area (Å²) in [5.74, 6) is 0. The average molecular weight is 216 g/mol. The van der Waals surface area contributed by atoms with Gasteiger partial charge in [-0.2, -0.15) is 0 Å². The minimum atomic E-state index is 0.00885. The smallest absolute Gasteiger partial charge is 0.127 e. The first-order valence-electron chi connectivity index (χ1n) is 5.02. The molecule has 1 heterocycles. The van der Waals surface area contributed by atoms with Gasteiger partial charge < -0.3 is 11.1 Å². The fourth-order valence-corrected chi connectivity index (χ4v) is 2.97. The molecule has 1 aliphatic heterocycles. The third-order valence-corrected chi connectivity index (χ3v) is 3.69. The molecule has 0 spiro atoms. The molecular weight excluding hydrogens is 204 g/mol. The Morgan fingerprint density at radius 2 is 2.20 bits per heavy atom. The molecule has 1 aromatic carbocycles. The SMILES string of the molecule is NC1NC2=C(CC=Cc3ccccc32)S1. The molecule has 2 nitrogen and oxygen atoms in total. The summed E-state index contributed by atoms with van der Waals surface area (Å²) in [4.78, 5) is 1.35. The Hall–Kier alpha value is -1.19. The number of nitrogens with two attached hydrogens (primary N) is 1. The second-order valence-corrected chi connectivity index (χ2v) is 4.91. The van der Waals surface area contributed by atoms with E-state index in [0.717, 1.165) is 6.42 Å². The molecule has 3 heteroatoms. The molecule has 3 N–H and O–H groups in total. The van der Waals surface area contributed by atoms with Crippen LogP contribution in [0.25, 0.3) is 11.8 Å². The van der Waals surface area contributed by atoms with E-state index >= 15 is 0 Å². The van der Waals surface area contributed by atoms with Crippen LogP contribution in [0.2, 0.25) is 0 Å². The van der Waals surface area contributed by atoms with Crippen molar-refractivity contribution in [3.8, 4) is 0 Å². The number of benzene rings is 1. The number of thioether (sulfide) groups is 1. The number of allylic oxidation sites excluding steroid dienone is 2. The van der Waals surface area contributed by atoms with Gasteiger partial charge >= 0.3 is 0 Å². The molecule has 1 aliphatic carbocycles. The molecule has 76 valence electrons. The highest BCUT2D eigenvalue weighted by atomic mass is 32.2. The van der Waals surface area contributed by atoms with E-state index in [0.29, 0.717) is 0 Å². The summed E-state index contributed by atoms with van der Waals surface area (Å²) in [6.45, 7) is 0. The molecule has 0 radical (unpaired) electrons. The predicted octanol–water partition coefficient (Wildman–Crippen LogP) is 2.35. The van der Waals surface area contributed by atoms with Crippen LogP contribution in [0.1, 0.15) is 17.5 Å². The fraction of sp³-hybridized carbons (Fsp3) is 0.167. The van der Waals surface area contributed by atoms with Gasteiger partial charge in [-0.15, -0.1) is 0 Å². The Morgan fingerprint density at radius 3 is 3.13 bits per heavy atom. The third kappa shape index (κ3) is 1.48. The van der Waals surface area contributed by atoms with Crippen molar-refractivity contribution in [3.05, 3.63) is 46.4 Å². The molecule has 1 aromatic rings. The highest BCUT2D eigenvalue weighted by Crippen LogP contribution is 2.38. The molecule has 0 saturated heterocycles. The Kier molecular flexibility index (Phi) is 2.08. The lowest BCUT2D eigenvalue weighted by atomic mass is 10.1. The van der Waals surface area contributed by atoms with Gasteiger partial charge in [0.15, 0.2) is 0 Å². The van der Waals surface area contributed by atoms with Crippen molar-refractivity contribution in [2.24, 2.45) is 5.73 Å². The second kappa shape index (κ2) is 3.43. The molecule has 0 aromatic heterocycles. The van der Waals surface area contributed by atoms with E-state index in [4.69, 9.17) is 5.73 Å². The van der Waals surface area contributed by atoms with Crippen molar-refractivity contribution in [1.82, 2.24) is 5.32 Å². The van der Waals surface area contributed by atoms with Gasteiger partial charge in [-0.05, 0) is 12.0 Å². The minimum Gasteiger partial charge on any atom is -0.360 e. The minimum absolute atomic E-state index is 0.00885. The summed E-state index contributed by atoms with van der Waals surface area (Å²) < 4.78 is 0. The lowest BCUT2D eigenvalue weighted by Gasteiger charge is -2.09. The van der Waals surface area contributed by atoms with Crippen molar-refractivity contribution >= 4 is 23.5 Å². The van der Waals surface area contributed by atoms with Crippen LogP contribution in [0, 0.1) is 0 Å². The monoisotopic (exact) mass is 216 g/mol. The van der Waals surface area contributed by atoms with E-state index in [1.165, 1.54) is 21.7 Å². The van der Waals surface area contributed by atoms with Crippen LogP contribution in [0.3, 0.4) is 0 Å². The van der Waals surface area contributed by atoms with Crippen LogP contribution in [0.4, 0.5) is 0 Å². The predicted molar refractivity (Wildman–Crippen MR) is 65.7 cm³/mol. The molecule has 2 aliphatic rings. The van der Waals surface area contributed by atoms with Gasteiger partial charge in [-0.25, -0.2) is 0 Å². The first-order chi connectivity index (χ1) is 7.34. The number of hydrogen-bond donors (Lipinski definition) is 2. The molecule has 0 saturated carbocycles. The average Bonchev–Trinajstić information content (AvgIpc) is 2.52. The van der Waals surface area contributed by atoms with Gasteiger partial charge in [0.1, 0.15) is 5.50 Å². The van der Waals surface area contributed by atoms with E-state index in [9.17, 15) is 0 Å². The van der Waals surface area contributed by atoms with Gasteiger partial charge in [-0.3, -0.25) is 0 Å². The van der Waals surface area contributed by atoms with Gasteiger partial charge in [0.25, 0.3) is 0 Å². The molecule has 15 heavy (non-hydrogen) atoms. The molecule has 0 amide bonds. The summed E-state index contributed by atoms with van der Waals surface area (Å²) in [6, 6.07) is 8.42. The summed E-state index contributed by atoms with van der Waals surface area (Å²) in [5.41, 5.74) is 9.65. The van der Waals surface area contributed by atoms with Crippen molar-refractivity contribution in [2.75, 3.05) is 0 Å². The number of nitrogens with one attached hydrogen (secondary N) is 1. The quantitative estimate of drug-likeness (QED) is 0.699. The highest BCUT2D eigenvalue weighted by Gasteiger charge is 2.23. The highest BCUT2D eigenvalue weighted by molar-refractivity contribution is 8.04. The maximum atomic E-state index is 5.89. The van der Waals surface area contributed by atoms with E-state index < -0.39 is 0 Å². The van der Waals surface area contributed by atoms with Crippen molar-refractivity contribution in [3.63, 3.8) is 0 Å². The zero-order valence-corrected chi connectivity index (χ0v) is 9.05. The third-order valence-electron chi connectivity index (χ3n) is 2.67. The van der Waals surface area contributed by atoms with Crippen molar-refractivity contribution < 1.29 is 0 Å². The molecular formula is C12H12N2S. The lowest BCUT2D eigenvalue weighted by molar-refractivity contribution is 0.852. The van der Waals surface area contributed by atoms with E-state index in [-0.39, 0.29) is 5.50 Å². The maximum absolute atomic E-state index is 5.89. The van der Waals surface area contributed by atoms with Gasteiger partial charge in [0.2, 0.25) is 0 Å². The Bertz CT molecular complexity index is 462. The van der Waals surface area contributed by atoms with Crippen molar-refractivity contribution in [2.45, 2.75) is 11.9 Å². The lowest BCUT2D eigenvalue weighted by Crippen LogP contribution is -2.28. The molecule has 3 rings (SSSR count). The molecule has 0 fully saturated rings. The van der Waals surface area contributed by atoms with Gasteiger partial charge in [-0.1, -0.05) is 48.2 Å². The maximum Gasteiger partial charge on any atom is 0.127 e. The molecule has 1 unspecified atom stereocenters. The first kappa shape index (κ1) is 9.07. The number of hydrogen-bond acceptors (Lipinski definition) is 3. The standard InChI is InChI=1S/C12H12N2S/c13-12-14-11-9-6-2-1-4-8(9)5-3-7-10(11)15-12/h1-6,12,14H,7,13H2. The first-order valence-corrected chi connectivity index (χ1v) is 5.90. The van der Waals surface area contributed by atoms with Crippen LogP contribution in [-0.4, -0.2) is 5.50 Å². The molecule has 0 bridgehead atoms. The fourth-order valence-electron chi connectivity index (χ4n) is 2.01. The summed E-state index contributed by atoms with van der Waals surface area (Å²) in [6.07, 6.45) is 5.37. The van der Waals surface area contributed by atoms with Crippen LogP contribution < -0.4 is 11.1 Å². The zero-order valence-electron chi connectivity index (χ0n) is 8.23. The second-order valence-electron chi connectivity index (χ2n) is 3.67. The van der Waals surface area contributed by atoms with Crippen molar-refractivity contribution in [1.29, 1.82) is 0 Å². The normalized spacial score (nSPS) is 23.1. The Labute approximate surface area is 93.2 Å². The Morgan fingerprint density at radius 1 is 1.33 bits per heavy atom. The number of fused-ring (bicyclic) bond motifs is 2. The largest absolute Gasteiger partial charge is 0.360 e. The summed E-state index contributed by atoms with van der Waals surface area (Å²) in [7, 11) is 0. The summed E-state index contributed by atoms with van der Waals surface area (Å²) in [5, 5.41) is 3.33. The Balaban J connectivity index is 2.16. The van der Waals surface area contributed by atoms with E-state index in [2.05, 4.69) is 41.7 Å². The van der Waals surface area contributed by atoms with Gasteiger partial charge in [0, 0.05) is 10.5 Å². The number of rotatable bonds is 0. The van der Waals surface area contributed by atoms with Crippen LogP contribution >= 0.6 is 11.8 Å². The zero-order chi connectivity index (χ0) is 10.3. The topological polar surface area (TPSA) is 38.0 Å². The molecule has 1 atom stereocenters. The van der Waals surface area contributed by atoms with Gasteiger partial charge in [0.05, 0.1) is 5.70 Å². The van der Waals surface area contributed by atoms with Crippen LogP contribution in [-0.2, 0) is 0 Å².